The SMILES string of the molecule is CCC(C)N(CC(=O)N(Cc1cccn1Cc1ccc(Br)cc1)C1CCCCC1)C(=O)c1ccc2ccccc2c1. The molecule has 0 N–H and O–H groups in total. The smallest absolute Gasteiger partial charge is 0.254 e. The number of fused-ring (bicyclic) bond motifs is 1. The third kappa shape index (κ3) is 7.10. The Morgan fingerprint density at radius 2 is 1.66 bits per heavy atom. The van der Waals surface area contributed by atoms with Crippen LogP contribution in [0, 0.1) is 0 Å². The molecule has 1 aliphatic carbocycles. The van der Waals surface area contributed by atoms with Gasteiger partial charge in [0.1, 0.15) is 6.54 Å². The van der Waals surface area contributed by atoms with Gasteiger partial charge in [0.2, 0.25) is 5.91 Å². The Morgan fingerprint density at radius 1 is 0.927 bits per heavy atom. The summed E-state index contributed by atoms with van der Waals surface area (Å²) in [5, 5.41) is 2.13. The molecule has 1 saturated carbocycles. The van der Waals surface area contributed by atoms with Crippen molar-refractivity contribution in [2.24, 2.45) is 0 Å². The van der Waals surface area contributed by atoms with Gasteiger partial charge in [-0.25, -0.2) is 0 Å². The molecule has 0 bridgehead atoms. The summed E-state index contributed by atoms with van der Waals surface area (Å²) in [4.78, 5) is 31.9. The van der Waals surface area contributed by atoms with Gasteiger partial charge in [-0.15, -0.1) is 0 Å². The highest BCUT2D eigenvalue weighted by Gasteiger charge is 2.30. The Bertz CT molecular complexity index is 1470. The summed E-state index contributed by atoms with van der Waals surface area (Å²) >= 11 is 3.52. The number of amides is 2. The number of rotatable bonds is 10. The number of benzene rings is 3. The molecule has 5 nitrogen and oxygen atoms in total. The lowest BCUT2D eigenvalue weighted by atomic mass is 9.94. The molecule has 1 aliphatic rings. The van der Waals surface area contributed by atoms with E-state index in [1.165, 1.54) is 12.0 Å². The highest BCUT2D eigenvalue weighted by molar-refractivity contribution is 9.10. The van der Waals surface area contributed by atoms with E-state index in [1.807, 2.05) is 49.4 Å². The van der Waals surface area contributed by atoms with Gasteiger partial charge in [0, 0.05) is 40.6 Å². The molecule has 0 spiro atoms. The highest BCUT2D eigenvalue weighted by atomic mass is 79.9. The van der Waals surface area contributed by atoms with Crippen molar-refractivity contribution in [1.29, 1.82) is 0 Å². The van der Waals surface area contributed by atoms with Crippen LogP contribution in [0.15, 0.2) is 89.5 Å². The van der Waals surface area contributed by atoms with Gasteiger partial charge in [0.25, 0.3) is 5.91 Å². The average Bonchev–Trinajstić information content (AvgIpc) is 3.45. The zero-order valence-electron chi connectivity index (χ0n) is 24.1. The van der Waals surface area contributed by atoms with Gasteiger partial charge in [0.15, 0.2) is 0 Å². The van der Waals surface area contributed by atoms with Gasteiger partial charge in [-0.05, 0) is 78.9 Å². The lowest BCUT2D eigenvalue weighted by Gasteiger charge is -2.37. The minimum Gasteiger partial charge on any atom is -0.345 e. The molecule has 6 heteroatoms. The Hall–Kier alpha value is -3.38. The molecule has 41 heavy (non-hydrogen) atoms. The topological polar surface area (TPSA) is 45.6 Å². The molecule has 1 unspecified atom stereocenters. The van der Waals surface area contributed by atoms with Crippen molar-refractivity contribution >= 4 is 38.5 Å². The maximum absolute atomic E-state index is 14.2. The summed E-state index contributed by atoms with van der Waals surface area (Å²) < 4.78 is 3.30. The van der Waals surface area contributed by atoms with Gasteiger partial charge >= 0.3 is 0 Å². The van der Waals surface area contributed by atoms with Crippen molar-refractivity contribution in [3.63, 3.8) is 0 Å². The van der Waals surface area contributed by atoms with Crippen LogP contribution >= 0.6 is 15.9 Å². The number of carbonyl (C=O) groups excluding carboxylic acids is 2. The number of aromatic nitrogens is 1. The number of hydrogen-bond donors (Lipinski definition) is 0. The van der Waals surface area contributed by atoms with Crippen LogP contribution < -0.4 is 0 Å². The molecular weight excluding hydrogens is 574 g/mol. The van der Waals surface area contributed by atoms with Gasteiger partial charge in [-0.3, -0.25) is 9.59 Å². The fourth-order valence-corrected chi connectivity index (χ4v) is 6.16. The van der Waals surface area contributed by atoms with Crippen molar-refractivity contribution in [2.75, 3.05) is 6.54 Å². The fourth-order valence-electron chi connectivity index (χ4n) is 5.89. The summed E-state index contributed by atoms with van der Waals surface area (Å²) in [6, 6.07) is 26.6. The quantitative estimate of drug-likeness (QED) is 0.182. The van der Waals surface area contributed by atoms with E-state index in [1.54, 1.807) is 4.90 Å². The largest absolute Gasteiger partial charge is 0.345 e. The Balaban J connectivity index is 1.38. The van der Waals surface area contributed by atoms with E-state index in [2.05, 4.69) is 74.9 Å². The molecule has 0 aliphatic heterocycles. The molecule has 1 atom stereocenters. The van der Waals surface area contributed by atoms with E-state index < -0.39 is 0 Å². The monoisotopic (exact) mass is 613 g/mol. The molecular formula is C35H40BrN3O2. The number of hydrogen-bond acceptors (Lipinski definition) is 2. The second kappa shape index (κ2) is 13.5. The average molecular weight is 615 g/mol. The third-order valence-electron chi connectivity index (χ3n) is 8.54. The highest BCUT2D eigenvalue weighted by Crippen LogP contribution is 2.26. The first-order valence-electron chi connectivity index (χ1n) is 14.9. The molecule has 0 radical (unpaired) electrons. The maximum Gasteiger partial charge on any atom is 0.254 e. The summed E-state index contributed by atoms with van der Waals surface area (Å²) in [5.74, 6) is -0.0524. The van der Waals surface area contributed by atoms with Crippen molar-refractivity contribution in [3.8, 4) is 0 Å². The second-order valence-corrected chi connectivity index (χ2v) is 12.2. The summed E-state index contributed by atoms with van der Waals surface area (Å²) in [5.41, 5.74) is 2.96. The second-order valence-electron chi connectivity index (χ2n) is 11.3. The van der Waals surface area contributed by atoms with E-state index in [0.717, 1.165) is 59.6 Å². The van der Waals surface area contributed by atoms with E-state index in [4.69, 9.17) is 0 Å². The van der Waals surface area contributed by atoms with Gasteiger partial charge < -0.3 is 14.4 Å². The lowest BCUT2D eigenvalue weighted by molar-refractivity contribution is -0.136. The summed E-state index contributed by atoms with van der Waals surface area (Å²) in [7, 11) is 0. The van der Waals surface area contributed by atoms with Crippen LogP contribution in [0.2, 0.25) is 0 Å². The molecule has 0 saturated heterocycles. The Labute approximate surface area is 252 Å². The Morgan fingerprint density at radius 3 is 2.39 bits per heavy atom. The van der Waals surface area contributed by atoms with E-state index in [-0.39, 0.29) is 30.4 Å². The van der Waals surface area contributed by atoms with Crippen LogP contribution in [-0.2, 0) is 17.9 Å². The molecule has 2 amide bonds. The minimum absolute atomic E-state index is 0.0303. The van der Waals surface area contributed by atoms with Crippen LogP contribution in [0.1, 0.15) is 74.0 Å². The first-order valence-corrected chi connectivity index (χ1v) is 15.7. The number of carbonyl (C=O) groups is 2. The first kappa shape index (κ1) is 29.1. The maximum atomic E-state index is 14.2. The van der Waals surface area contributed by atoms with Crippen molar-refractivity contribution in [1.82, 2.24) is 14.4 Å². The lowest BCUT2D eigenvalue weighted by Crippen LogP contribution is -2.49. The van der Waals surface area contributed by atoms with Gasteiger partial charge in [-0.2, -0.15) is 0 Å². The molecule has 4 aromatic rings. The molecule has 214 valence electrons. The van der Waals surface area contributed by atoms with Crippen LogP contribution in [0.5, 0.6) is 0 Å². The Kier molecular flexibility index (Phi) is 9.60. The van der Waals surface area contributed by atoms with Gasteiger partial charge in [-0.1, -0.05) is 84.6 Å². The van der Waals surface area contributed by atoms with E-state index >= 15 is 0 Å². The molecule has 1 fully saturated rings. The summed E-state index contributed by atoms with van der Waals surface area (Å²) in [6.07, 6.45) is 8.40. The predicted molar refractivity (Wildman–Crippen MR) is 170 cm³/mol. The van der Waals surface area contributed by atoms with E-state index in [0.29, 0.717) is 12.1 Å². The van der Waals surface area contributed by atoms with Crippen LogP contribution in [0.3, 0.4) is 0 Å². The predicted octanol–water partition coefficient (Wildman–Crippen LogP) is 8.05. The number of nitrogens with zero attached hydrogens (tertiary/aromatic N) is 3. The fraction of sp³-hybridized carbons (Fsp3) is 0.371. The van der Waals surface area contributed by atoms with Crippen molar-refractivity contribution in [3.05, 3.63) is 106 Å². The standard InChI is InChI=1S/C35H40BrN3O2/c1-3-26(2)38(35(41)30-18-17-28-10-7-8-11-29(28)22-30)25-34(40)39(32-12-5-4-6-13-32)24-33-14-9-21-37(33)23-27-15-19-31(36)20-16-27/h7-11,14-22,26,32H,3-6,12-13,23-25H2,1-2H3. The van der Waals surface area contributed by atoms with Crippen LogP contribution in [0.4, 0.5) is 0 Å². The van der Waals surface area contributed by atoms with Crippen molar-refractivity contribution in [2.45, 2.75) is 77.5 Å². The normalized spacial score (nSPS) is 14.6. The third-order valence-corrected chi connectivity index (χ3v) is 9.07. The minimum atomic E-state index is -0.0827. The molecule has 3 aromatic carbocycles. The van der Waals surface area contributed by atoms with Gasteiger partial charge in [0.05, 0.1) is 6.54 Å². The van der Waals surface area contributed by atoms with Crippen molar-refractivity contribution < 1.29 is 9.59 Å². The summed E-state index contributed by atoms with van der Waals surface area (Å²) in [6.45, 7) is 5.50. The van der Waals surface area contributed by atoms with Crippen LogP contribution in [-0.4, -0.2) is 44.8 Å². The van der Waals surface area contributed by atoms with Crippen LogP contribution in [0.25, 0.3) is 10.8 Å². The molecule has 1 heterocycles. The van der Waals surface area contributed by atoms with E-state index in [9.17, 15) is 9.59 Å². The molecule has 1 aromatic heterocycles. The zero-order chi connectivity index (χ0) is 28.8. The molecule has 5 rings (SSSR count). The first-order chi connectivity index (χ1) is 19.9. The number of halogens is 1. The zero-order valence-corrected chi connectivity index (χ0v) is 25.7.